The van der Waals surface area contributed by atoms with E-state index in [2.05, 4.69) is 0 Å². The lowest BCUT2D eigenvalue weighted by molar-refractivity contribution is 0.219. The van der Waals surface area contributed by atoms with Crippen molar-refractivity contribution in [3.63, 3.8) is 0 Å². The zero-order valence-corrected chi connectivity index (χ0v) is 12.8. The molecule has 0 saturated carbocycles. The molecule has 4 nitrogen and oxygen atoms in total. The largest absolute Gasteiger partial charge is 0.395 e. The lowest BCUT2D eigenvalue weighted by Crippen LogP contribution is -2.41. The molecule has 19 heavy (non-hydrogen) atoms. The van der Waals surface area contributed by atoms with E-state index in [1.54, 1.807) is 18.2 Å². The molecule has 0 heterocycles. The number of sulfonamides is 1. The predicted molar refractivity (Wildman–Crippen MR) is 76.8 cm³/mol. The van der Waals surface area contributed by atoms with Crippen LogP contribution in [-0.2, 0) is 10.0 Å². The third-order valence-electron chi connectivity index (χ3n) is 3.09. The van der Waals surface area contributed by atoms with Crippen LogP contribution < -0.4 is 0 Å². The van der Waals surface area contributed by atoms with Gasteiger partial charge in [-0.15, -0.1) is 0 Å². The van der Waals surface area contributed by atoms with Gasteiger partial charge in [0.25, 0.3) is 0 Å². The molecule has 0 fully saturated rings. The average molecular weight is 306 g/mol. The van der Waals surface area contributed by atoms with Gasteiger partial charge in [-0.1, -0.05) is 37.6 Å². The normalized spacial score (nSPS) is 12.3. The van der Waals surface area contributed by atoms with Gasteiger partial charge in [-0.05, 0) is 25.0 Å². The molecular formula is C13H20ClNO3S. The van der Waals surface area contributed by atoms with Crippen molar-refractivity contribution in [1.29, 1.82) is 0 Å². The minimum atomic E-state index is -3.68. The SMILES string of the molecule is CCC(CC)N(CCO)S(=O)(=O)c1ccccc1Cl. The lowest BCUT2D eigenvalue weighted by atomic mass is 10.2. The Bertz CT molecular complexity index is 500. The van der Waals surface area contributed by atoms with E-state index in [1.807, 2.05) is 13.8 Å². The van der Waals surface area contributed by atoms with E-state index >= 15 is 0 Å². The summed E-state index contributed by atoms with van der Waals surface area (Å²) in [5, 5.41) is 9.32. The van der Waals surface area contributed by atoms with Gasteiger partial charge < -0.3 is 5.11 Å². The maximum atomic E-state index is 12.6. The van der Waals surface area contributed by atoms with E-state index in [4.69, 9.17) is 16.7 Å². The fourth-order valence-corrected chi connectivity index (χ4v) is 4.33. The summed E-state index contributed by atoms with van der Waals surface area (Å²) in [6.07, 6.45) is 1.39. The Labute approximate surface area is 120 Å². The van der Waals surface area contributed by atoms with Gasteiger partial charge in [0, 0.05) is 12.6 Å². The van der Waals surface area contributed by atoms with Crippen molar-refractivity contribution in [2.24, 2.45) is 0 Å². The molecule has 0 aliphatic rings. The van der Waals surface area contributed by atoms with Crippen LogP contribution >= 0.6 is 11.6 Å². The number of hydrogen-bond donors (Lipinski definition) is 1. The molecule has 0 aliphatic heterocycles. The summed E-state index contributed by atoms with van der Waals surface area (Å²) >= 11 is 5.98. The quantitative estimate of drug-likeness (QED) is 0.842. The summed E-state index contributed by atoms with van der Waals surface area (Å²) in [5.74, 6) is 0. The smallest absolute Gasteiger partial charge is 0.244 e. The zero-order valence-electron chi connectivity index (χ0n) is 11.2. The summed E-state index contributed by atoms with van der Waals surface area (Å²) in [7, 11) is -3.68. The average Bonchev–Trinajstić information content (AvgIpc) is 2.39. The molecule has 0 atom stereocenters. The number of nitrogens with zero attached hydrogens (tertiary/aromatic N) is 1. The Kier molecular flexibility index (Phi) is 6.26. The fraction of sp³-hybridized carbons (Fsp3) is 0.538. The van der Waals surface area contributed by atoms with Crippen molar-refractivity contribution >= 4 is 21.6 Å². The van der Waals surface area contributed by atoms with Crippen molar-refractivity contribution in [3.05, 3.63) is 29.3 Å². The van der Waals surface area contributed by atoms with Crippen LogP contribution in [0, 0.1) is 0 Å². The topological polar surface area (TPSA) is 57.6 Å². The third kappa shape index (κ3) is 3.69. The van der Waals surface area contributed by atoms with Gasteiger partial charge in [0.05, 0.1) is 11.6 Å². The molecule has 1 N–H and O–H groups in total. The number of rotatable bonds is 7. The Hall–Kier alpha value is -0.620. The molecular weight excluding hydrogens is 286 g/mol. The van der Waals surface area contributed by atoms with E-state index in [0.717, 1.165) is 0 Å². The van der Waals surface area contributed by atoms with Crippen molar-refractivity contribution in [2.75, 3.05) is 13.2 Å². The monoisotopic (exact) mass is 305 g/mol. The van der Waals surface area contributed by atoms with Gasteiger partial charge in [0.2, 0.25) is 10.0 Å². The fourth-order valence-electron chi connectivity index (χ4n) is 2.07. The zero-order chi connectivity index (χ0) is 14.5. The predicted octanol–water partition coefficient (Wildman–Crippen LogP) is 2.51. The van der Waals surface area contributed by atoms with Crippen LogP contribution in [-0.4, -0.2) is 37.0 Å². The van der Waals surface area contributed by atoms with Crippen LogP contribution in [0.5, 0.6) is 0 Å². The summed E-state index contributed by atoms with van der Waals surface area (Å²) in [6, 6.07) is 6.24. The molecule has 6 heteroatoms. The Morgan fingerprint density at radius 2 is 1.84 bits per heavy atom. The second-order valence-electron chi connectivity index (χ2n) is 4.24. The van der Waals surface area contributed by atoms with E-state index in [-0.39, 0.29) is 29.1 Å². The van der Waals surface area contributed by atoms with Crippen LogP contribution in [0.4, 0.5) is 0 Å². The van der Waals surface area contributed by atoms with Crippen LogP contribution in [0.15, 0.2) is 29.2 Å². The molecule has 108 valence electrons. The number of halogens is 1. The highest BCUT2D eigenvalue weighted by atomic mass is 35.5. The molecule has 0 radical (unpaired) electrons. The van der Waals surface area contributed by atoms with Crippen LogP contribution in [0.3, 0.4) is 0 Å². The molecule has 0 aromatic heterocycles. The maximum Gasteiger partial charge on any atom is 0.244 e. The van der Waals surface area contributed by atoms with E-state index in [0.29, 0.717) is 12.8 Å². The molecule has 1 aromatic rings. The molecule has 0 bridgehead atoms. The van der Waals surface area contributed by atoms with Crippen LogP contribution in [0.25, 0.3) is 0 Å². The first-order chi connectivity index (χ1) is 8.98. The van der Waals surface area contributed by atoms with Crippen molar-refractivity contribution in [1.82, 2.24) is 4.31 Å². The first-order valence-corrected chi connectivity index (χ1v) is 8.18. The summed E-state index contributed by atoms with van der Waals surface area (Å²) < 4.78 is 26.6. The standard InChI is InChI=1S/C13H20ClNO3S/c1-3-11(4-2)15(9-10-16)19(17,18)13-8-6-5-7-12(13)14/h5-8,11,16H,3-4,9-10H2,1-2H3. The number of benzene rings is 1. The highest BCUT2D eigenvalue weighted by Gasteiger charge is 2.30. The first kappa shape index (κ1) is 16.4. The van der Waals surface area contributed by atoms with Gasteiger partial charge in [0.15, 0.2) is 0 Å². The van der Waals surface area contributed by atoms with Gasteiger partial charge in [-0.3, -0.25) is 0 Å². The van der Waals surface area contributed by atoms with Gasteiger partial charge in [-0.25, -0.2) is 8.42 Å². The highest BCUT2D eigenvalue weighted by Crippen LogP contribution is 2.26. The highest BCUT2D eigenvalue weighted by molar-refractivity contribution is 7.89. The van der Waals surface area contributed by atoms with Crippen LogP contribution in [0.1, 0.15) is 26.7 Å². The number of aliphatic hydroxyl groups is 1. The minimum Gasteiger partial charge on any atom is -0.395 e. The molecule has 0 saturated heterocycles. The van der Waals surface area contributed by atoms with Crippen molar-refractivity contribution < 1.29 is 13.5 Å². The second kappa shape index (κ2) is 7.24. The molecule has 1 aromatic carbocycles. The Morgan fingerprint density at radius 1 is 1.26 bits per heavy atom. The minimum absolute atomic E-state index is 0.0832. The Morgan fingerprint density at radius 3 is 2.32 bits per heavy atom. The van der Waals surface area contributed by atoms with Gasteiger partial charge in [-0.2, -0.15) is 4.31 Å². The number of hydrogen-bond acceptors (Lipinski definition) is 3. The Balaban J connectivity index is 3.24. The van der Waals surface area contributed by atoms with Crippen molar-refractivity contribution in [3.8, 4) is 0 Å². The van der Waals surface area contributed by atoms with Crippen molar-refractivity contribution in [2.45, 2.75) is 37.6 Å². The number of aliphatic hydroxyl groups excluding tert-OH is 1. The van der Waals surface area contributed by atoms with Gasteiger partial charge >= 0.3 is 0 Å². The molecule has 0 unspecified atom stereocenters. The molecule has 0 aliphatic carbocycles. The van der Waals surface area contributed by atoms with E-state index in [1.165, 1.54) is 10.4 Å². The molecule has 1 rings (SSSR count). The van der Waals surface area contributed by atoms with Crippen LogP contribution in [0.2, 0.25) is 5.02 Å². The molecule has 0 spiro atoms. The maximum absolute atomic E-state index is 12.6. The summed E-state index contributed by atoms with van der Waals surface area (Å²) in [4.78, 5) is 0.0945. The summed E-state index contributed by atoms with van der Waals surface area (Å²) in [6.45, 7) is 3.74. The molecule has 0 amide bonds. The summed E-state index contributed by atoms with van der Waals surface area (Å²) in [5.41, 5.74) is 0. The van der Waals surface area contributed by atoms with E-state index in [9.17, 15) is 8.42 Å². The lowest BCUT2D eigenvalue weighted by Gasteiger charge is -2.29. The third-order valence-corrected chi connectivity index (χ3v) is 5.55. The second-order valence-corrected chi connectivity index (χ2v) is 6.51. The van der Waals surface area contributed by atoms with E-state index < -0.39 is 10.0 Å². The first-order valence-electron chi connectivity index (χ1n) is 6.36. The van der Waals surface area contributed by atoms with Gasteiger partial charge in [0.1, 0.15) is 4.90 Å².